The summed E-state index contributed by atoms with van der Waals surface area (Å²) in [5.74, 6) is 0. The number of aromatic nitrogens is 1. The molecule has 1 aromatic heterocycles. The highest BCUT2D eigenvalue weighted by atomic mass is 35.5. The lowest BCUT2D eigenvalue weighted by atomic mass is 10.1. The van der Waals surface area contributed by atoms with Crippen LogP contribution in [0.1, 0.15) is 5.56 Å². The summed E-state index contributed by atoms with van der Waals surface area (Å²) < 4.78 is 0. The van der Waals surface area contributed by atoms with Crippen LogP contribution in [-0.4, -0.2) is 11.2 Å². The van der Waals surface area contributed by atoms with Crippen LogP contribution in [0.5, 0.6) is 0 Å². The number of nitrogens with zero attached hydrogens (tertiary/aromatic N) is 1. The maximum Gasteiger partial charge on any atom is 0.0566 e. The first-order valence-corrected chi connectivity index (χ1v) is 6.52. The smallest absolute Gasteiger partial charge is 0.0566 e. The van der Waals surface area contributed by atoms with E-state index in [4.69, 9.17) is 17.3 Å². The highest BCUT2D eigenvalue weighted by Crippen LogP contribution is 2.23. The van der Waals surface area contributed by atoms with Crippen LogP contribution >= 0.6 is 11.6 Å². The molecule has 0 aliphatic carbocycles. The van der Waals surface area contributed by atoms with Crippen molar-refractivity contribution in [1.82, 2.24) is 4.98 Å². The van der Waals surface area contributed by atoms with Crippen LogP contribution in [0.2, 0.25) is 5.02 Å². The Balaban J connectivity index is 1.82. The second-order valence-electron chi connectivity index (χ2n) is 4.39. The minimum absolute atomic E-state index is 0.698. The predicted molar refractivity (Wildman–Crippen MR) is 85.4 cm³/mol. The third-order valence-corrected chi connectivity index (χ3v) is 3.26. The minimum Gasteiger partial charge on any atom is -0.398 e. The number of halogens is 1. The zero-order valence-electron chi connectivity index (χ0n) is 10.6. The number of nitrogens with two attached hydrogens (primary N) is 1. The lowest BCUT2D eigenvalue weighted by molar-refractivity contribution is 1.35. The molecule has 0 atom stereocenters. The van der Waals surface area contributed by atoms with E-state index in [1.807, 2.05) is 48.7 Å². The van der Waals surface area contributed by atoms with Gasteiger partial charge in [-0.05, 0) is 36.4 Å². The summed E-state index contributed by atoms with van der Waals surface area (Å²) in [7, 11) is 0. The topological polar surface area (TPSA) is 66.2 Å². The molecule has 0 unspecified atom stereocenters. The van der Waals surface area contributed by atoms with Crippen molar-refractivity contribution in [2.45, 2.75) is 0 Å². The SMILES string of the molecule is Nc1cccc2[nH]cc(C=NNc3ccc(Cl)cc3)c12. The number of benzene rings is 2. The normalized spacial score (nSPS) is 11.2. The first kappa shape index (κ1) is 12.6. The maximum absolute atomic E-state index is 5.98. The molecule has 100 valence electrons. The molecule has 0 amide bonds. The summed E-state index contributed by atoms with van der Waals surface area (Å²) in [6.45, 7) is 0. The molecule has 4 nitrogen and oxygen atoms in total. The minimum atomic E-state index is 0.698. The van der Waals surface area contributed by atoms with E-state index in [-0.39, 0.29) is 0 Å². The summed E-state index contributed by atoms with van der Waals surface area (Å²) in [6.07, 6.45) is 3.62. The van der Waals surface area contributed by atoms with Crippen LogP contribution in [0.3, 0.4) is 0 Å². The van der Waals surface area contributed by atoms with E-state index in [1.54, 1.807) is 6.21 Å². The molecule has 1 heterocycles. The van der Waals surface area contributed by atoms with Gasteiger partial charge >= 0.3 is 0 Å². The average molecular weight is 285 g/mol. The molecule has 0 saturated heterocycles. The Morgan fingerprint density at radius 1 is 1.15 bits per heavy atom. The quantitative estimate of drug-likeness (QED) is 0.388. The van der Waals surface area contributed by atoms with Gasteiger partial charge in [0.05, 0.1) is 11.9 Å². The van der Waals surface area contributed by atoms with Gasteiger partial charge in [-0.25, -0.2) is 0 Å². The Labute approximate surface area is 121 Å². The predicted octanol–water partition coefficient (Wildman–Crippen LogP) is 3.85. The largest absolute Gasteiger partial charge is 0.398 e. The third kappa shape index (κ3) is 2.46. The van der Waals surface area contributed by atoms with E-state index >= 15 is 0 Å². The molecule has 4 N–H and O–H groups in total. The van der Waals surface area contributed by atoms with Gasteiger partial charge in [0.1, 0.15) is 0 Å². The third-order valence-electron chi connectivity index (χ3n) is 3.01. The zero-order valence-corrected chi connectivity index (χ0v) is 11.4. The summed E-state index contributed by atoms with van der Waals surface area (Å²) >= 11 is 5.83. The van der Waals surface area contributed by atoms with Gasteiger partial charge in [-0.2, -0.15) is 5.10 Å². The highest BCUT2D eigenvalue weighted by molar-refractivity contribution is 6.30. The number of rotatable bonds is 3. The number of nitrogens with one attached hydrogen (secondary N) is 2. The molecule has 0 radical (unpaired) electrons. The van der Waals surface area contributed by atoms with Gasteiger partial charge in [-0.15, -0.1) is 0 Å². The summed E-state index contributed by atoms with van der Waals surface area (Å²) in [4.78, 5) is 3.17. The van der Waals surface area contributed by atoms with Gasteiger partial charge in [-0.3, -0.25) is 5.43 Å². The average Bonchev–Trinajstić information content (AvgIpc) is 2.86. The van der Waals surface area contributed by atoms with Gasteiger partial charge in [0.25, 0.3) is 0 Å². The van der Waals surface area contributed by atoms with E-state index in [0.29, 0.717) is 5.02 Å². The summed E-state index contributed by atoms with van der Waals surface area (Å²) in [6, 6.07) is 13.1. The maximum atomic E-state index is 5.98. The standard InChI is InChI=1S/C15H13ClN4/c16-11-4-6-12(7-5-11)20-19-9-10-8-18-14-3-1-2-13(17)15(10)14/h1-9,18,20H,17H2. The van der Waals surface area contributed by atoms with Gasteiger partial charge in [0.2, 0.25) is 0 Å². The van der Waals surface area contributed by atoms with Crippen molar-refractivity contribution < 1.29 is 0 Å². The van der Waals surface area contributed by atoms with E-state index in [0.717, 1.165) is 27.8 Å². The lowest BCUT2D eigenvalue weighted by Gasteiger charge is -2.00. The Kier molecular flexibility index (Phi) is 3.31. The summed E-state index contributed by atoms with van der Waals surface area (Å²) in [5.41, 5.74) is 12.5. The van der Waals surface area contributed by atoms with Crippen LogP contribution in [-0.2, 0) is 0 Å². The number of hydrazone groups is 1. The van der Waals surface area contributed by atoms with Crippen molar-refractivity contribution in [3.8, 4) is 0 Å². The van der Waals surface area contributed by atoms with Gasteiger partial charge < -0.3 is 10.7 Å². The zero-order chi connectivity index (χ0) is 13.9. The molecular weight excluding hydrogens is 272 g/mol. The molecule has 0 spiro atoms. The molecule has 0 saturated carbocycles. The van der Waals surface area contributed by atoms with Crippen molar-refractivity contribution >= 4 is 40.1 Å². The molecule has 3 rings (SSSR count). The Morgan fingerprint density at radius 2 is 1.95 bits per heavy atom. The number of anilines is 2. The molecule has 0 aliphatic heterocycles. The molecule has 5 heteroatoms. The number of nitrogen functional groups attached to an aromatic ring is 1. The number of aromatic amines is 1. The number of hydrogen-bond acceptors (Lipinski definition) is 3. The Bertz CT molecular complexity index is 759. The fourth-order valence-corrected chi connectivity index (χ4v) is 2.17. The second-order valence-corrected chi connectivity index (χ2v) is 4.83. The van der Waals surface area contributed by atoms with Gasteiger partial charge in [-0.1, -0.05) is 17.7 Å². The molecular formula is C15H13ClN4. The van der Waals surface area contributed by atoms with Gasteiger partial charge in [0, 0.05) is 33.4 Å². The van der Waals surface area contributed by atoms with Crippen LogP contribution in [0.25, 0.3) is 10.9 Å². The summed E-state index contributed by atoms with van der Waals surface area (Å²) in [5, 5.41) is 5.89. The number of fused-ring (bicyclic) bond motifs is 1. The fraction of sp³-hybridized carbons (Fsp3) is 0. The number of hydrogen-bond donors (Lipinski definition) is 3. The second kappa shape index (κ2) is 5.27. The van der Waals surface area contributed by atoms with Crippen molar-refractivity contribution in [2.75, 3.05) is 11.2 Å². The first-order chi connectivity index (χ1) is 9.74. The van der Waals surface area contributed by atoms with Crippen molar-refractivity contribution in [3.05, 3.63) is 59.2 Å². The first-order valence-electron chi connectivity index (χ1n) is 6.14. The van der Waals surface area contributed by atoms with E-state index in [1.165, 1.54) is 0 Å². The highest BCUT2D eigenvalue weighted by Gasteiger charge is 2.04. The van der Waals surface area contributed by atoms with Crippen molar-refractivity contribution in [3.63, 3.8) is 0 Å². The van der Waals surface area contributed by atoms with Crippen molar-refractivity contribution in [1.29, 1.82) is 0 Å². The van der Waals surface area contributed by atoms with Crippen LogP contribution in [0.4, 0.5) is 11.4 Å². The van der Waals surface area contributed by atoms with E-state index in [2.05, 4.69) is 15.5 Å². The molecule has 20 heavy (non-hydrogen) atoms. The van der Waals surface area contributed by atoms with E-state index in [9.17, 15) is 0 Å². The van der Waals surface area contributed by atoms with Crippen LogP contribution < -0.4 is 11.2 Å². The molecule has 2 aromatic carbocycles. The number of H-pyrrole nitrogens is 1. The molecule has 0 aliphatic rings. The van der Waals surface area contributed by atoms with Crippen LogP contribution in [0, 0.1) is 0 Å². The van der Waals surface area contributed by atoms with Crippen LogP contribution in [0.15, 0.2) is 53.8 Å². The fourth-order valence-electron chi connectivity index (χ4n) is 2.04. The Morgan fingerprint density at radius 3 is 2.75 bits per heavy atom. The molecule has 0 bridgehead atoms. The Hall–Kier alpha value is -2.46. The lowest BCUT2D eigenvalue weighted by Crippen LogP contribution is -1.91. The van der Waals surface area contributed by atoms with Crippen molar-refractivity contribution in [2.24, 2.45) is 5.10 Å². The molecule has 3 aromatic rings. The van der Waals surface area contributed by atoms with Gasteiger partial charge in [0.15, 0.2) is 0 Å². The molecule has 0 fully saturated rings. The monoisotopic (exact) mass is 284 g/mol. The van der Waals surface area contributed by atoms with E-state index < -0.39 is 0 Å².